The number of alkyl halides is 6. The van der Waals surface area contributed by atoms with Gasteiger partial charge in [-0.05, 0) is 90.2 Å². The molecule has 9 heteroatoms. The maximum absolute atomic E-state index is 14.8. The monoisotopic (exact) mass is 577 g/mol. The predicted molar refractivity (Wildman–Crippen MR) is 145 cm³/mol. The van der Waals surface area contributed by atoms with Crippen molar-refractivity contribution >= 4 is 5.97 Å². The number of carbonyl (C=O) groups is 1. The van der Waals surface area contributed by atoms with Crippen LogP contribution in [-0.2, 0) is 23.7 Å². The van der Waals surface area contributed by atoms with Crippen LogP contribution in [0.15, 0.2) is 66.7 Å². The minimum absolute atomic E-state index is 0.0711. The molecule has 1 N–H and O–H groups in total. The summed E-state index contributed by atoms with van der Waals surface area (Å²) >= 11 is 0. The van der Waals surface area contributed by atoms with E-state index in [2.05, 4.69) is 0 Å². The van der Waals surface area contributed by atoms with Gasteiger partial charge >= 0.3 is 18.3 Å². The fourth-order valence-electron chi connectivity index (χ4n) is 5.70. The summed E-state index contributed by atoms with van der Waals surface area (Å²) in [5.74, 6) is -3.18. The molecule has 0 aliphatic carbocycles. The van der Waals surface area contributed by atoms with Crippen LogP contribution >= 0.6 is 0 Å². The molecule has 4 rings (SSSR count). The quantitative estimate of drug-likeness (QED) is 0.272. The number of halogens is 6. The Kier molecular flexibility index (Phi) is 9.16. The summed E-state index contributed by atoms with van der Waals surface area (Å²) in [5, 5.41) is 10.0. The van der Waals surface area contributed by atoms with Crippen LogP contribution in [0, 0.1) is 5.92 Å². The van der Waals surface area contributed by atoms with Crippen molar-refractivity contribution in [3.8, 4) is 11.1 Å². The van der Waals surface area contributed by atoms with Crippen LogP contribution in [0.25, 0.3) is 11.1 Å². The fourth-order valence-corrected chi connectivity index (χ4v) is 5.70. The van der Waals surface area contributed by atoms with Crippen LogP contribution in [0.4, 0.5) is 26.3 Å². The minimum atomic E-state index is -4.75. The Morgan fingerprint density at radius 3 is 2.00 bits per heavy atom. The summed E-state index contributed by atoms with van der Waals surface area (Å²) in [6.45, 7) is 4.89. The van der Waals surface area contributed by atoms with Crippen LogP contribution in [0.2, 0.25) is 0 Å². The van der Waals surface area contributed by atoms with Gasteiger partial charge in [0.25, 0.3) is 0 Å². The summed E-state index contributed by atoms with van der Waals surface area (Å²) in [7, 11) is 0. The van der Waals surface area contributed by atoms with Crippen molar-refractivity contribution in [3.05, 3.63) is 94.5 Å². The van der Waals surface area contributed by atoms with E-state index in [0.29, 0.717) is 49.2 Å². The second-order valence-electron chi connectivity index (χ2n) is 11.2. The molecular formula is C32H33F6NO2. The molecule has 1 aliphatic heterocycles. The molecule has 0 radical (unpaired) electrons. The Hall–Kier alpha value is -3.33. The number of hydrogen-bond donors (Lipinski definition) is 1. The molecule has 0 bridgehead atoms. The Morgan fingerprint density at radius 1 is 0.878 bits per heavy atom. The summed E-state index contributed by atoms with van der Waals surface area (Å²) < 4.78 is 83.0. The topological polar surface area (TPSA) is 40.5 Å². The number of rotatable bonds is 8. The minimum Gasteiger partial charge on any atom is -0.481 e. The Labute approximate surface area is 235 Å². The fraction of sp³-hybridized carbons (Fsp3) is 0.406. The molecular weight excluding hydrogens is 544 g/mol. The molecule has 1 unspecified atom stereocenters. The highest BCUT2D eigenvalue weighted by Crippen LogP contribution is 2.46. The lowest BCUT2D eigenvalue weighted by atomic mass is 9.78. The van der Waals surface area contributed by atoms with Crippen molar-refractivity contribution in [2.24, 2.45) is 5.92 Å². The first kappa shape index (κ1) is 30.6. The van der Waals surface area contributed by atoms with Crippen LogP contribution in [0.3, 0.4) is 0 Å². The first-order chi connectivity index (χ1) is 19.2. The molecule has 3 aromatic rings. The molecule has 3 aromatic carbocycles. The Morgan fingerprint density at radius 2 is 1.49 bits per heavy atom. The van der Waals surface area contributed by atoms with Crippen molar-refractivity contribution in [1.82, 2.24) is 4.90 Å². The van der Waals surface area contributed by atoms with Crippen LogP contribution < -0.4 is 0 Å². The van der Waals surface area contributed by atoms with Gasteiger partial charge in [-0.1, -0.05) is 62.4 Å². The van der Waals surface area contributed by atoms with E-state index in [1.807, 2.05) is 4.90 Å². The second-order valence-corrected chi connectivity index (χ2v) is 11.2. The van der Waals surface area contributed by atoms with Gasteiger partial charge in [-0.2, -0.15) is 26.3 Å². The lowest BCUT2D eigenvalue weighted by molar-refractivity contribution is -0.142. The van der Waals surface area contributed by atoms with Gasteiger partial charge in [0.1, 0.15) is 0 Å². The Bertz CT molecular complexity index is 1330. The zero-order chi connectivity index (χ0) is 29.9. The smallest absolute Gasteiger partial charge is 0.416 e. The van der Waals surface area contributed by atoms with Crippen molar-refractivity contribution in [2.45, 2.75) is 63.8 Å². The Balaban J connectivity index is 1.68. The zero-order valence-corrected chi connectivity index (χ0v) is 22.9. The molecule has 1 heterocycles. The lowest BCUT2D eigenvalue weighted by Crippen LogP contribution is -2.33. The zero-order valence-electron chi connectivity index (χ0n) is 22.9. The predicted octanol–water partition coefficient (Wildman–Crippen LogP) is 8.99. The van der Waals surface area contributed by atoms with Crippen molar-refractivity contribution in [1.29, 1.82) is 0 Å². The number of aliphatic carboxylic acids is 1. The third-order valence-electron chi connectivity index (χ3n) is 7.69. The van der Waals surface area contributed by atoms with Gasteiger partial charge in [0.05, 0.1) is 17.0 Å². The summed E-state index contributed by atoms with van der Waals surface area (Å²) in [4.78, 5) is 14.3. The maximum atomic E-state index is 14.8. The van der Waals surface area contributed by atoms with Gasteiger partial charge in [0.15, 0.2) is 0 Å². The molecule has 41 heavy (non-hydrogen) atoms. The highest BCUT2D eigenvalue weighted by atomic mass is 19.4. The first-order valence-electron chi connectivity index (χ1n) is 13.7. The van der Waals surface area contributed by atoms with Crippen LogP contribution in [0.1, 0.15) is 72.8 Å². The van der Waals surface area contributed by atoms with E-state index in [1.54, 1.807) is 50.2 Å². The molecule has 0 amide bonds. The molecule has 1 atom stereocenters. The van der Waals surface area contributed by atoms with E-state index >= 15 is 0 Å². The summed E-state index contributed by atoms with van der Waals surface area (Å²) in [5.41, 5.74) is 0.263. The molecule has 220 valence electrons. The van der Waals surface area contributed by atoms with Crippen molar-refractivity contribution in [3.63, 3.8) is 0 Å². The normalized spacial score (nSPS) is 16.2. The van der Waals surface area contributed by atoms with E-state index in [4.69, 9.17) is 0 Å². The van der Waals surface area contributed by atoms with E-state index in [1.165, 1.54) is 18.2 Å². The molecule has 0 aromatic heterocycles. The molecule has 1 aliphatic rings. The molecule has 3 nitrogen and oxygen atoms in total. The molecule has 1 saturated heterocycles. The number of likely N-dealkylation sites (tertiary alicyclic amines) is 1. The molecule has 0 saturated carbocycles. The lowest BCUT2D eigenvalue weighted by Gasteiger charge is -2.34. The van der Waals surface area contributed by atoms with E-state index in [-0.39, 0.29) is 23.5 Å². The first-order valence-corrected chi connectivity index (χ1v) is 13.7. The van der Waals surface area contributed by atoms with Gasteiger partial charge in [0, 0.05) is 6.54 Å². The standard InChI is InChI=1S/C32H33F6NO2/c1-20(2)16-28(30(40)41)27-18-24(22-6-4-3-5-7-22)17-26(29(27)32(36,37)38)23-12-14-39(15-13-23)19-21-8-10-25(11-9-21)31(33,34)35/h3-11,17-18,20,23,28H,12-16,19H2,1-2H3,(H,40,41). The average Bonchev–Trinajstić information content (AvgIpc) is 2.91. The SMILES string of the molecule is CC(C)CC(C(=O)O)c1cc(-c2ccccc2)cc(C2CCN(Cc3ccc(C(F)(F)F)cc3)CC2)c1C(F)(F)F. The number of hydrogen-bond acceptors (Lipinski definition) is 2. The van der Waals surface area contributed by atoms with Gasteiger partial charge in [0.2, 0.25) is 0 Å². The highest BCUT2D eigenvalue weighted by Gasteiger charge is 2.42. The number of carboxylic acids is 1. The van der Waals surface area contributed by atoms with E-state index in [9.17, 15) is 36.2 Å². The third-order valence-corrected chi connectivity index (χ3v) is 7.69. The van der Waals surface area contributed by atoms with Gasteiger partial charge < -0.3 is 5.11 Å². The van der Waals surface area contributed by atoms with Crippen molar-refractivity contribution in [2.75, 3.05) is 13.1 Å². The number of piperidine rings is 1. The number of nitrogens with zero attached hydrogens (tertiary/aromatic N) is 1. The van der Waals surface area contributed by atoms with Gasteiger partial charge in [-0.25, -0.2) is 0 Å². The molecule has 0 spiro atoms. The van der Waals surface area contributed by atoms with E-state index < -0.39 is 41.3 Å². The average molecular weight is 578 g/mol. The number of carboxylic acid groups (broad SMARTS) is 1. The van der Waals surface area contributed by atoms with Crippen LogP contribution in [0.5, 0.6) is 0 Å². The summed E-state index contributed by atoms with van der Waals surface area (Å²) in [6, 6.07) is 16.8. The van der Waals surface area contributed by atoms with Gasteiger partial charge in [-0.3, -0.25) is 9.69 Å². The van der Waals surface area contributed by atoms with Crippen LogP contribution in [-0.4, -0.2) is 29.1 Å². The maximum Gasteiger partial charge on any atom is 0.416 e. The van der Waals surface area contributed by atoms with Gasteiger partial charge in [-0.15, -0.1) is 0 Å². The second kappa shape index (κ2) is 12.3. The largest absolute Gasteiger partial charge is 0.481 e. The highest BCUT2D eigenvalue weighted by molar-refractivity contribution is 5.79. The number of benzene rings is 3. The molecule has 1 fully saturated rings. The van der Waals surface area contributed by atoms with Crippen molar-refractivity contribution < 1.29 is 36.2 Å². The summed E-state index contributed by atoms with van der Waals surface area (Å²) in [6.07, 6.45) is -8.29. The van der Waals surface area contributed by atoms with E-state index in [0.717, 1.165) is 12.1 Å². The third kappa shape index (κ3) is 7.50.